The first-order valence-corrected chi connectivity index (χ1v) is 10.7. The van der Waals surface area contributed by atoms with Gasteiger partial charge in [0.15, 0.2) is 0 Å². The normalized spacial score (nSPS) is 11.0. The third kappa shape index (κ3) is 8.28. The van der Waals surface area contributed by atoms with E-state index in [9.17, 15) is 0 Å². The molecular formula is C25H39NO. The van der Waals surface area contributed by atoms with E-state index in [2.05, 4.69) is 79.4 Å². The fourth-order valence-electron chi connectivity index (χ4n) is 3.74. The molecule has 0 atom stereocenters. The maximum absolute atomic E-state index is 2.73. The van der Waals surface area contributed by atoms with Gasteiger partial charge in [0.25, 0.3) is 0 Å². The lowest BCUT2D eigenvalue weighted by atomic mass is 9.96. The van der Waals surface area contributed by atoms with Gasteiger partial charge in [-0.2, -0.15) is 0 Å². The average molecular weight is 370 g/mol. The molecule has 0 aliphatic heterocycles. The zero-order chi connectivity index (χ0) is 18.5. The lowest BCUT2D eigenvalue weighted by molar-refractivity contribution is 0.215. The van der Waals surface area contributed by atoms with Gasteiger partial charge < -0.3 is 5.48 Å². The smallest absolute Gasteiger partial charge is 0.0601 e. The van der Waals surface area contributed by atoms with Gasteiger partial charge in [-0.15, -0.1) is 0 Å². The molecule has 0 bridgehead atoms. The van der Waals surface area contributed by atoms with Crippen molar-refractivity contribution >= 4 is 0 Å². The Balaban J connectivity index is 0.00000364. The van der Waals surface area contributed by atoms with E-state index in [0.29, 0.717) is 6.04 Å². The highest BCUT2D eigenvalue weighted by molar-refractivity contribution is 5.31. The van der Waals surface area contributed by atoms with Gasteiger partial charge in [-0.25, -0.2) is 0 Å². The molecule has 0 spiro atoms. The largest absolute Gasteiger partial charge is 0.412 e. The molecule has 0 radical (unpaired) electrons. The van der Waals surface area contributed by atoms with Crippen molar-refractivity contribution in [1.82, 2.24) is 4.90 Å². The van der Waals surface area contributed by atoms with E-state index in [1.165, 1.54) is 75.6 Å². The summed E-state index contributed by atoms with van der Waals surface area (Å²) in [6, 6.07) is 22.5. The molecule has 2 N–H and O–H groups in total. The lowest BCUT2D eigenvalue weighted by Crippen LogP contribution is -2.31. The molecule has 0 aliphatic carbocycles. The number of benzene rings is 2. The lowest BCUT2D eigenvalue weighted by Gasteiger charge is -2.33. The van der Waals surface area contributed by atoms with Gasteiger partial charge in [-0.05, 0) is 37.1 Å². The highest BCUT2D eigenvalue weighted by Gasteiger charge is 2.21. The highest BCUT2D eigenvalue weighted by Crippen LogP contribution is 2.29. The van der Waals surface area contributed by atoms with Gasteiger partial charge >= 0.3 is 0 Å². The second-order valence-corrected chi connectivity index (χ2v) is 7.38. The van der Waals surface area contributed by atoms with Crippen molar-refractivity contribution in [1.29, 1.82) is 0 Å². The van der Waals surface area contributed by atoms with Crippen LogP contribution in [0.2, 0.25) is 0 Å². The van der Waals surface area contributed by atoms with E-state index in [1.54, 1.807) is 0 Å². The minimum atomic E-state index is 0. The second kappa shape index (κ2) is 14.4. The van der Waals surface area contributed by atoms with Crippen LogP contribution in [0, 0.1) is 0 Å². The van der Waals surface area contributed by atoms with Crippen LogP contribution in [0.4, 0.5) is 0 Å². The Labute approximate surface area is 166 Å². The van der Waals surface area contributed by atoms with Crippen LogP contribution >= 0.6 is 0 Å². The quantitative estimate of drug-likeness (QED) is 0.375. The summed E-state index contributed by atoms with van der Waals surface area (Å²) in [7, 11) is 0. The Bertz CT molecular complexity index is 518. The predicted molar refractivity (Wildman–Crippen MR) is 118 cm³/mol. The summed E-state index contributed by atoms with van der Waals surface area (Å²) in [5.74, 6) is 0. The van der Waals surface area contributed by atoms with E-state index < -0.39 is 0 Å². The molecule has 0 aliphatic rings. The Morgan fingerprint density at radius 2 is 1.00 bits per heavy atom. The van der Waals surface area contributed by atoms with Gasteiger partial charge in [0.1, 0.15) is 0 Å². The maximum Gasteiger partial charge on any atom is 0.0601 e. The van der Waals surface area contributed by atoms with Crippen LogP contribution in [0.3, 0.4) is 0 Å². The minimum absolute atomic E-state index is 0. The first-order chi connectivity index (χ1) is 12.9. The predicted octanol–water partition coefficient (Wildman–Crippen LogP) is 6.41. The summed E-state index contributed by atoms with van der Waals surface area (Å²) >= 11 is 0. The monoisotopic (exact) mass is 369 g/mol. The number of unbranched alkanes of at least 4 members (excludes halogenated alkanes) is 6. The van der Waals surface area contributed by atoms with Crippen LogP contribution in [0.5, 0.6) is 0 Å². The van der Waals surface area contributed by atoms with E-state index in [1.807, 2.05) is 0 Å². The molecule has 0 fully saturated rings. The van der Waals surface area contributed by atoms with Crippen LogP contribution in [0.1, 0.15) is 82.4 Å². The summed E-state index contributed by atoms with van der Waals surface area (Å²) in [6.45, 7) is 6.97. The molecule has 27 heavy (non-hydrogen) atoms. The zero-order valence-electron chi connectivity index (χ0n) is 17.4. The van der Waals surface area contributed by atoms with Crippen LogP contribution in [0.25, 0.3) is 0 Å². The molecule has 2 heteroatoms. The molecule has 0 saturated carbocycles. The van der Waals surface area contributed by atoms with Crippen molar-refractivity contribution < 1.29 is 5.48 Å². The molecule has 0 heterocycles. The second-order valence-electron chi connectivity index (χ2n) is 7.38. The molecule has 2 rings (SSSR count). The summed E-state index contributed by atoms with van der Waals surface area (Å²) < 4.78 is 0. The van der Waals surface area contributed by atoms with Crippen molar-refractivity contribution in [3.05, 3.63) is 71.8 Å². The summed E-state index contributed by atoms with van der Waals surface area (Å²) in [4.78, 5) is 2.73. The van der Waals surface area contributed by atoms with Gasteiger partial charge in [-0.3, -0.25) is 4.90 Å². The van der Waals surface area contributed by atoms with Crippen molar-refractivity contribution in [3.8, 4) is 0 Å². The zero-order valence-corrected chi connectivity index (χ0v) is 17.4. The molecule has 0 amide bonds. The molecule has 150 valence electrons. The van der Waals surface area contributed by atoms with Crippen molar-refractivity contribution in [2.24, 2.45) is 0 Å². The first kappa shape index (κ1) is 23.4. The van der Waals surface area contributed by atoms with Crippen molar-refractivity contribution in [2.45, 2.75) is 71.3 Å². The summed E-state index contributed by atoms with van der Waals surface area (Å²) in [5.41, 5.74) is 2.84. The molecule has 2 aromatic rings. The number of nitrogens with zero attached hydrogens (tertiary/aromatic N) is 1. The molecule has 0 saturated heterocycles. The van der Waals surface area contributed by atoms with Gasteiger partial charge in [0.05, 0.1) is 6.04 Å². The van der Waals surface area contributed by atoms with Gasteiger partial charge in [0.2, 0.25) is 0 Å². The molecule has 2 aromatic carbocycles. The SMILES string of the molecule is CCCCCCN(CCCCCC)C(c1ccccc1)c1ccccc1.O. The summed E-state index contributed by atoms with van der Waals surface area (Å²) in [5, 5.41) is 0. The number of hydrogen-bond donors (Lipinski definition) is 0. The van der Waals surface area contributed by atoms with E-state index >= 15 is 0 Å². The van der Waals surface area contributed by atoms with Crippen LogP contribution < -0.4 is 0 Å². The number of rotatable bonds is 13. The van der Waals surface area contributed by atoms with Gasteiger partial charge in [0, 0.05) is 0 Å². The van der Waals surface area contributed by atoms with Crippen molar-refractivity contribution in [2.75, 3.05) is 13.1 Å². The summed E-state index contributed by atoms with van der Waals surface area (Å²) in [6.07, 6.45) is 10.6. The van der Waals surface area contributed by atoms with E-state index in [4.69, 9.17) is 0 Å². The maximum atomic E-state index is 2.73. The molecular weight excluding hydrogens is 330 g/mol. The Morgan fingerprint density at radius 1 is 0.593 bits per heavy atom. The Hall–Kier alpha value is -1.64. The molecule has 2 nitrogen and oxygen atoms in total. The third-order valence-corrected chi connectivity index (χ3v) is 5.19. The highest BCUT2D eigenvalue weighted by atomic mass is 16.0. The fraction of sp³-hybridized carbons (Fsp3) is 0.520. The Kier molecular flexibility index (Phi) is 12.5. The van der Waals surface area contributed by atoms with E-state index in [0.717, 1.165) is 0 Å². The van der Waals surface area contributed by atoms with Crippen LogP contribution in [-0.4, -0.2) is 23.5 Å². The third-order valence-electron chi connectivity index (χ3n) is 5.19. The fourth-order valence-corrected chi connectivity index (χ4v) is 3.74. The standard InChI is InChI=1S/C25H37N.H2O/c1-3-5-7-15-21-26(22-16-8-6-4-2)25(23-17-11-9-12-18-23)24-19-13-10-14-20-24;/h9-14,17-20,25H,3-8,15-16,21-22H2,1-2H3;1H2. The molecule has 0 aromatic heterocycles. The number of hydrogen-bond acceptors (Lipinski definition) is 1. The first-order valence-electron chi connectivity index (χ1n) is 10.7. The van der Waals surface area contributed by atoms with Crippen LogP contribution in [-0.2, 0) is 0 Å². The topological polar surface area (TPSA) is 34.7 Å². The Morgan fingerprint density at radius 3 is 1.37 bits per heavy atom. The molecule has 0 unspecified atom stereocenters. The average Bonchev–Trinajstić information content (AvgIpc) is 2.70. The van der Waals surface area contributed by atoms with Crippen molar-refractivity contribution in [3.63, 3.8) is 0 Å². The minimum Gasteiger partial charge on any atom is -0.412 e. The van der Waals surface area contributed by atoms with E-state index in [-0.39, 0.29) is 5.48 Å². The van der Waals surface area contributed by atoms with Crippen LogP contribution in [0.15, 0.2) is 60.7 Å². The van der Waals surface area contributed by atoms with Gasteiger partial charge in [-0.1, -0.05) is 113 Å².